The lowest BCUT2D eigenvalue weighted by Gasteiger charge is -2.08. The standard InChI is InChI=1S/C10H9F3O2/c11-10(12,13)15-9-5-3-8(4-6-9)2-1-7-14/h1-6,14H,7H2. The second kappa shape index (κ2) is 4.84. The summed E-state index contributed by atoms with van der Waals surface area (Å²) in [6, 6.07) is 5.36. The maximum absolute atomic E-state index is 11.8. The Balaban J connectivity index is 2.68. The van der Waals surface area contributed by atoms with Crippen molar-refractivity contribution >= 4 is 6.08 Å². The molecule has 1 rings (SSSR count). The van der Waals surface area contributed by atoms with Crippen molar-refractivity contribution in [1.29, 1.82) is 0 Å². The van der Waals surface area contributed by atoms with Crippen LogP contribution in [0.3, 0.4) is 0 Å². The van der Waals surface area contributed by atoms with Gasteiger partial charge in [0, 0.05) is 0 Å². The molecule has 0 bridgehead atoms. The Morgan fingerprint density at radius 2 is 1.80 bits per heavy atom. The lowest BCUT2D eigenvalue weighted by molar-refractivity contribution is -0.274. The van der Waals surface area contributed by atoms with E-state index in [-0.39, 0.29) is 12.4 Å². The molecule has 0 spiro atoms. The van der Waals surface area contributed by atoms with Crippen molar-refractivity contribution < 1.29 is 23.0 Å². The maximum atomic E-state index is 11.8. The number of ether oxygens (including phenoxy) is 1. The van der Waals surface area contributed by atoms with Crippen molar-refractivity contribution in [2.75, 3.05) is 6.61 Å². The molecule has 5 heteroatoms. The molecule has 0 radical (unpaired) electrons. The molecular weight excluding hydrogens is 209 g/mol. The first-order chi connectivity index (χ1) is 7.01. The van der Waals surface area contributed by atoms with Gasteiger partial charge in [0.1, 0.15) is 5.75 Å². The van der Waals surface area contributed by atoms with Gasteiger partial charge in [-0.2, -0.15) is 0 Å². The fourth-order valence-corrected chi connectivity index (χ4v) is 0.969. The van der Waals surface area contributed by atoms with Crippen LogP contribution in [0.2, 0.25) is 0 Å². The summed E-state index contributed by atoms with van der Waals surface area (Å²) in [5, 5.41) is 8.47. The molecule has 15 heavy (non-hydrogen) atoms. The van der Waals surface area contributed by atoms with Crippen molar-refractivity contribution in [3.05, 3.63) is 35.9 Å². The Hall–Kier alpha value is -1.49. The van der Waals surface area contributed by atoms with E-state index in [4.69, 9.17) is 5.11 Å². The SMILES string of the molecule is OCC=Cc1ccc(OC(F)(F)F)cc1. The topological polar surface area (TPSA) is 29.5 Å². The van der Waals surface area contributed by atoms with Crippen LogP contribution in [0, 0.1) is 0 Å². The largest absolute Gasteiger partial charge is 0.573 e. The summed E-state index contributed by atoms with van der Waals surface area (Å²) in [7, 11) is 0. The molecule has 0 amide bonds. The highest BCUT2D eigenvalue weighted by molar-refractivity contribution is 5.50. The van der Waals surface area contributed by atoms with E-state index in [1.54, 1.807) is 6.08 Å². The quantitative estimate of drug-likeness (QED) is 0.844. The van der Waals surface area contributed by atoms with Crippen LogP contribution >= 0.6 is 0 Å². The van der Waals surface area contributed by atoms with Crippen LogP contribution in [0.1, 0.15) is 5.56 Å². The van der Waals surface area contributed by atoms with Gasteiger partial charge in [0.2, 0.25) is 0 Å². The van der Waals surface area contributed by atoms with Crippen LogP contribution in [-0.2, 0) is 0 Å². The predicted molar refractivity (Wildman–Crippen MR) is 49.2 cm³/mol. The first kappa shape index (κ1) is 11.6. The van der Waals surface area contributed by atoms with Gasteiger partial charge in [0.15, 0.2) is 0 Å². The van der Waals surface area contributed by atoms with Crippen LogP contribution in [0.5, 0.6) is 5.75 Å². The fraction of sp³-hybridized carbons (Fsp3) is 0.200. The molecule has 0 atom stereocenters. The molecule has 1 aromatic carbocycles. The minimum atomic E-state index is -4.66. The second-order valence-corrected chi connectivity index (χ2v) is 2.70. The van der Waals surface area contributed by atoms with E-state index in [9.17, 15) is 13.2 Å². The summed E-state index contributed by atoms with van der Waals surface area (Å²) in [6.45, 7) is -0.110. The van der Waals surface area contributed by atoms with Crippen molar-refractivity contribution in [2.24, 2.45) is 0 Å². The van der Waals surface area contributed by atoms with E-state index in [2.05, 4.69) is 4.74 Å². The zero-order valence-electron chi connectivity index (χ0n) is 7.66. The molecule has 0 saturated carbocycles. The number of halogens is 3. The third-order valence-corrected chi connectivity index (χ3v) is 1.53. The Morgan fingerprint density at radius 1 is 1.20 bits per heavy atom. The number of hydrogen-bond acceptors (Lipinski definition) is 2. The number of alkyl halides is 3. The molecule has 0 fully saturated rings. The van der Waals surface area contributed by atoms with Gasteiger partial charge in [-0.25, -0.2) is 0 Å². The van der Waals surface area contributed by atoms with E-state index < -0.39 is 6.36 Å². The zero-order valence-corrected chi connectivity index (χ0v) is 7.66. The number of rotatable bonds is 3. The van der Waals surface area contributed by atoms with Crippen LogP contribution < -0.4 is 4.74 Å². The summed E-state index contributed by atoms with van der Waals surface area (Å²) < 4.78 is 39.0. The Labute approximate surface area is 84.6 Å². The molecule has 0 aromatic heterocycles. The number of hydrogen-bond donors (Lipinski definition) is 1. The summed E-state index contributed by atoms with van der Waals surface area (Å²) in [5.41, 5.74) is 0.693. The fourth-order valence-electron chi connectivity index (χ4n) is 0.969. The van der Waals surface area contributed by atoms with Gasteiger partial charge in [-0.05, 0) is 17.7 Å². The summed E-state index contributed by atoms with van der Waals surface area (Å²) in [6.07, 6.45) is -1.58. The first-order valence-corrected chi connectivity index (χ1v) is 4.14. The van der Waals surface area contributed by atoms with Crippen LogP contribution in [-0.4, -0.2) is 18.1 Å². The van der Waals surface area contributed by atoms with Crippen LogP contribution in [0.15, 0.2) is 30.3 Å². The number of aliphatic hydroxyl groups is 1. The summed E-state index contributed by atoms with van der Waals surface area (Å²) in [4.78, 5) is 0. The minimum absolute atomic E-state index is 0.110. The van der Waals surface area contributed by atoms with Crippen LogP contribution in [0.25, 0.3) is 6.08 Å². The van der Waals surface area contributed by atoms with Gasteiger partial charge in [-0.3, -0.25) is 0 Å². The van der Waals surface area contributed by atoms with E-state index >= 15 is 0 Å². The molecule has 82 valence electrons. The summed E-state index contributed by atoms with van der Waals surface area (Å²) >= 11 is 0. The van der Waals surface area contributed by atoms with Gasteiger partial charge in [-0.15, -0.1) is 13.2 Å². The molecule has 2 nitrogen and oxygen atoms in total. The molecule has 0 unspecified atom stereocenters. The predicted octanol–water partition coefficient (Wildman–Crippen LogP) is 2.59. The Kier molecular flexibility index (Phi) is 3.74. The molecule has 0 aliphatic heterocycles. The maximum Gasteiger partial charge on any atom is 0.573 e. The van der Waals surface area contributed by atoms with E-state index in [1.807, 2.05) is 0 Å². The highest BCUT2D eigenvalue weighted by Crippen LogP contribution is 2.22. The third kappa shape index (κ3) is 4.51. The number of benzene rings is 1. The number of aliphatic hydroxyl groups excluding tert-OH is 1. The van der Waals surface area contributed by atoms with E-state index in [1.165, 1.54) is 30.3 Å². The van der Waals surface area contributed by atoms with Gasteiger partial charge in [-0.1, -0.05) is 24.3 Å². The van der Waals surface area contributed by atoms with Gasteiger partial charge >= 0.3 is 6.36 Å². The molecule has 0 aliphatic rings. The van der Waals surface area contributed by atoms with Crippen molar-refractivity contribution in [2.45, 2.75) is 6.36 Å². The van der Waals surface area contributed by atoms with E-state index in [0.29, 0.717) is 5.56 Å². The molecule has 1 aromatic rings. The average Bonchev–Trinajstić information content (AvgIpc) is 2.14. The van der Waals surface area contributed by atoms with Crippen LogP contribution in [0.4, 0.5) is 13.2 Å². The highest BCUT2D eigenvalue weighted by Gasteiger charge is 2.30. The zero-order chi connectivity index (χ0) is 11.3. The van der Waals surface area contributed by atoms with Crippen molar-refractivity contribution in [3.8, 4) is 5.75 Å². The lowest BCUT2D eigenvalue weighted by atomic mass is 10.2. The van der Waals surface area contributed by atoms with Gasteiger partial charge in [0.25, 0.3) is 0 Å². The molecule has 0 aliphatic carbocycles. The van der Waals surface area contributed by atoms with Crippen molar-refractivity contribution in [3.63, 3.8) is 0 Å². The first-order valence-electron chi connectivity index (χ1n) is 4.14. The summed E-state index contributed by atoms with van der Waals surface area (Å²) in [5.74, 6) is -0.261. The normalized spacial score (nSPS) is 12.0. The van der Waals surface area contributed by atoms with Gasteiger partial charge in [0.05, 0.1) is 6.61 Å². The average molecular weight is 218 g/mol. The van der Waals surface area contributed by atoms with Gasteiger partial charge < -0.3 is 9.84 Å². The molecule has 0 saturated heterocycles. The van der Waals surface area contributed by atoms with E-state index in [0.717, 1.165) is 0 Å². The lowest BCUT2D eigenvalue weighted by Crippen LogP contribution is -2.16. The van der Waals surface area contributed by atoms with Crippen molar-refractivity contribution in [1.82, 2.24) is 0 Å². The third-order valence-electron chi connectivity index (χ3n) is 1.53. The minimum Gasteiger partial charge on any atom is -0.406 e. The Morgan fingerprint density at radius 3 is 2.27 bits per heavy atom. The molecular formula is C10H9F3O2. The monoisotopic (exact) mass is 218 g/mol. The second-order valence-electron chi connectivity index (χ2n) is 2.70. The molecule has 1 N–H and O–H groups in total. The Bertz CT molecular complexity index is 328. The smallest absolute Gasteiger partial charge is 0.406 e. The highest BCUT2D eigenvalue weighted by atomic mass is 19.4. The molecule has 0 heterocycles.